The Bertz CT molecular complexity index is 467. The molecule has 0 aliphatic carbocycles. The van der Waals surface area contributed by atoms with Crippen LogP contribution >= 0.6 is 23.5 Å². The van der Waals surface area contributed by atoms with Crippen molar-refractivity contribution in [2.24, 2.45) is 0 Å². The Balaban J connectivity index is 1.89. The molecule has 0 radical (unpaired) electrons. The van der Waals surface area contributed by atoms with Crippen molar-refractivity contribution in [2.45, 2.75) is 41.2 Å². The molecule has 1 unspecified atom stereocenters. The topological polar surface area (TPSA) is 0 Å². The fraction of sp³-hybridized carbons (Fsp3) is 0.333. The van der Waals surface area contributed by atoms with Gasteiger partial charge in [0.2, 0.25) is 0 Å². The number of hydrogen-bond acceptors (Lipinski definition) is 2. The predicted molar refractivity (Wildman–Crippen MR) is 92.8 cm³/mol. The van der Waals surface area contributed by atoms with Gasteiger partial charge in [-0.25, -0.2) is 0 Å². The minimum Gasteiger partial charge on any atom is -0.125 e. The van der Waals surface area contributed by atoms with Gasteiger partial charge < -0.3 is 0 Å². The lowest BCUT2D eigenvalue weighted by molar-refractivity contribution is 0.717. The highest BCUT2D eigenvalue weighted by atomic mass is 32.2. The van der Waals surface area contributed by atoms with E-state index in [1.54, 1.807) is 0 Å². The molecule has 0 saturated carbocycles. The highest BCUT2D eigenvalue weighted by molar-refractivity contribution is 8.03. The summed E-state index contributed by atoms with van der Waals surface area (Å²) in [6.07, 6.45) is 3.90. The maximum absolute atomic E-state index is 2.27. The van der Waals surface area contributed by atoms with Crippen molar-refractivity contribution in [2.75, 3.05) is 5.75 Å². The normalized spacial score (nSPS) is 12.2. The zero-order valence-electron chi connectivity index (χ0n) is 12.0. The average molecular weight is 303 g/mol. The largest absolute Gasteiger partial charge is 0.125 e. The molecule has 0 N–H and O–H groups in total. The first kappa shape index (κ1) is 15.5. The lowest BCUT2D eigenvalue weighted by Crippen LogP contribution is -2.06. The van der Waals surface area contributed by atoms with Gasteiger partial charge >= 0.3 is 0 Å². The first-order chi connectivity index (χ1) is 9.88. The standard InChI is InChI=1S/C18H22S2/c1-2-3-10-18(20-17-13-8-5-9-14-17)15-19-16-11-6-4-7-12-16/h4-9,11-14,18H,2-3,10,15H2,1H3. The second-order valence-electron chi connectivity index (χ2n) is 4.82. The molecule has 0 bridgehead atoms. The summed E-state index contributed by atoms with van der Waals surface area (Å²) < 4.78 is 0. The van der Waals surface area contributed by atoms with Crippen LogP contribution in [0.15, 0.2) is 70.5 Å². The Morgan fingerprint density at radius 1 is 0.850 bits per heavy atom. The molecule has 0 nitrogen and oxygen atoms in total. The summed E-state index contributed by atoms with van der Waals surface area (Å²) in [6, 6.07) is 21.5. The van der Waals surface area contributed by atoms with Crippen molar-refractivity contribution in [3.8, 4) is 0 Å². The number of unbranched alkanes of at least 4 members (excludes halogenated alkanes) is 1. The van der Waals surface area contributed by atoms with Gasteiger partial charge in [-0.3, -0.25) is 0 Å². The van der Waals surface area contributed by atoms with E-state index in [2.05, 4.69) is 67.6 Å². The van der Waals surface area contributed by atoms with Crippen molar-refractivity contribution >= 4 is 23.5 Å². The van der Waals surface area contributed by atoms with Gasteiger partial charge in [0, 0.05) is 20.8 Å². The minimum atomic E-state index is 0.697. The molecule has 0 saturated heterocycles. The van der Waals surface area contributed by atoms with Crippen LogP contribution in [0.1, 0.15) is 26.2 Å². The smallest absolute Gasteiger partial charge is 0.0188 e. The summed E-state index contributed by atoms with van der Waals surface area (Å²) in [4.78, 5) is 2.77. The van der Waals surface area contributed by atoms with Crippen molar-refractivity contribution < 1.29 is 0 Å². The van der Waals surface area contributed by atoms with E-state index in [1.165, 1.54) is 34.8 Å². The molecule has 2 aromatic rings. The van der Waals surface area contributed by atoms with Crippen LogP contribution in [0.4, 0.5) is 0 Å². The molecule has 0 fully saturated rings. The lowest BCUT2D eigenvalue weighted by atomic mass is 10.2. The van der Waals surface area contributed by atoms with Crippen LogP contribution in [-0.4, -0.2) is 11.0 Å². The number of benzene rings is 2. The van der Waals surface area contributed by atoms with Gasteiger partial charge in [0.15, 0.2) is 0 Å². The molecule has 0 aromatic heterocycles. The Labute approximate surface area is 131 Å². The van der Waals surface area contributed by atoms with Crippen LogP contribution < -0.4 is 0 Å². The Morgan fingerprint density at radius 3 is 2.05 bits per heavy atom. The monoisotopic (exact) mass is 302 g/mol. The maximum Gasteiger partial charge on any atom is 0.0188 e. The molecule has 2 heteroatoms. The van der Waals surface area contributed by atoms with E-state index in [-0.39, 0.29) is 0 Å². The average Bonchev–Trinajstić information content (AvgIpc) is 2.52. The zero-order valence-corrected chi connectivity index (χ0v) is 13.6. The van der Waals surface area contributed by atoms with Gasteiger partial charge in [-0.1, -0.05) is 56.2 Å². The van der Waals surface area contributed by atoms with E-state index < -0.39 is 0 Å². The Morgan fingerprint density at radius 2 is 1.45 bits per heavy atom. The van der Waals surface area contributed by atoms with Crippen LogP contribution in [0.25, 0.3) is 0 Å². The predicted octanol–water partition coefficient (Wildman–Crippen LogP) is 6.13. The van der Waals surface area contributed by atoms with Gasteiger partial charge in [-0.2, -0.15) is 0 Å². The van der Waals surface area contributed by atoms with Crippen LogP contribution in [0, 0.1) is 0 Å². The third kappa shape index (κ3) is 5.64. The van der Waals surface area contributed by atoms with E-state index >= 15 is 0 Å². The summed E-state index contributed by atoms with van der Waals surface area (Å²) in [5, 5.41) is 0.697. The maximum atomic E-state index is 2.27. The number of hydrogen-bond donors (Lipinski definition) is 0. The quantitative estimate of drug-likeness (QED) is 0.538. The molecule has 0 heterocycles. The molecular weight excluding hydrogens is 280 g/mol. The highest BCUT2D eigenvalue weighted by Crippen LogP contribution is 2.31. The van der Waals surface area contributed by atoms with Gasteiger partial charge in [0.1, 0.15) is 0 Å². The number of rotatable bonds is 8. The second-order valence-corrected chi connectivity index (χ2v) is 7.29. The molecule has 106 valence electrons. The van der Waals surface area contributed by atoms with Crippen LogP contribution in [0.5, 0.6) is 0 Å². The van der Waals surface area contributed by atoms with Crippen LogP contribution in [-0.2, 0) is 0 Å². The Hall–Kier alpha value is -0.860. The van der Waals surface area contributed by atoms with Crippen molar-refractivity contribution in [3.05, 3.63) is 60.7 Å². The summed E-state index contributed by atoms with van der Waals surface area (Å²) in [5.74, 6) is 1.18. The first-order valence-corrected chi connectivity index (χ1v) is 9.14. The van der Waals surface area contributed by atoms with Crippen molar-refractivity contribution in [3.63, 3.8) is 0 Å². The third-order valence-electron chi connectivity index (χ3n) is 3.10. The zero-order chi connectivity index (χ0) is 14.0. The second kappa shape index (κ2) is 9.15. The van der Waals surface area contributed by atoms with Crippen molar-refractivity contribution in [1.29, 1.82) is 0 Å². The molecule has 2 aromatic carbocycles. The lowest BCUT2D eigenvalue weighted by Gasteiger charge is -2.16. The molecule has 0 aliphatic heterocycles. The van der Waals surface area contributed by atoms with Gasteiger partial charge in [-0.15, -0.1) is 23.5 Å². The fourth-order valence-electron chi connectivity index (χ4n) is 2.01. The van der Waals surface area contributed by atoms with Crippen LogP contribution in [0.2, 0.25) is 0 Å². The van der Waals surface area contributed by atoms with Gasteiger partial charge in [-0.05, 0) is 30.7 Å². The fourth-order valence-corrected chi connectivity index (χ4v) is 4.36. The van der Waals surface area contributed by atoms with Crippen molar-refractivity contribution in [1.82, 2.24) is 0 Å². The van der Waals surface area contributed by atoms with Gasteiger partial charge in [0.05, 0.1) is 0 Å². The molecule has 0 spiro atoms. The van der Waals surface area contributed by atoms with Crippen LogP contribution in [0.3, 0.4) is 0 Å². The van der Waals surface area contributed by atoms with E-state index in [0.29, 0.717) is 5.25 Å². The summed E-state index contributed by atoms with van der Waals surface area (Å²) in [7, 11) is 0. The molecule has 1 atom stereocenters. The molecular formula is C18H22S2. The highest BCUT2D eigenvalue weighted by Gasteiger charge is 2.10. The molecule has 20 heavy (non-hydrogen) atoms. The molecule has 0 amide bonds. The van der Waals surface area contributed by atoms with E-state index in [9.17, 15) is 0 Å². The number of thioether (sulfide) groups is 2. The third-order valence-corrected chi connectivity index (χ3v) is 5.77. The first-order valence-electron chi connectivity index (χ1n) is 7.28. The Kier molecular flexibility index (Phi) is 7.10. The SMILES string of the molecule is CCCCC(CSc1ccccc1)Sc1ccccc1. The molecule has 2 rings (SSSR count). The van der Waals surface area contributed by atoms with E-state index in [0.717, 1.165) is 0 Å². The summed E-state index contributed by atoms with van der Waals surface area (Å²) >= 11 is 4.00. The molecule has 0 aliphatic rings. The van der Waals surface area contributed by atoms with E-state index in [4.69, 9.17) is 0 Å². The summed E-state index contributed by atoms with van der Waals surface area (Å²) in [5.41, 5.74) is 0. The van der Waals surface area contributed by atoms with E-state index in [1.807, 2.05) is 23.5 Å². The minimum absolute atomic E-state index is 0.697. The summed E-state index contributed by atoms with van der Waals surface area (Å²) in [6.45, 7) is 2.27. The van der Waals surface area contributed by atoms with Gasteiger partial charge in [0.25, 0.3) is 0 Å².